The van der Waals surface area contributed by atoms with E-state index in [-0.39, 0.29) is 0 Å². The molecule has 0 spiro atoms. The van der Waals surface area contributed by atoms with Gasteiger partial charge in [-0.3, -0.25) is 0 Å². The molecule has 0 aliphatic carbocycles. The highest BCUT2D eigenvalue weighted by molar-refractivity contribution is 5.61. The number of hydrogen-bond acceptors (Lipinski definition) is 5. The van der Waals surface area contributed by atoms with Gasteiger partial charge in [0.2, 0.25) is 5.88 Å². The Balaban J connectivity index is 2.03. The van der Waals surface area contributed by atoms with Crippen LogP contribution in [0, 0.1) is 0 Å². The van der Waals surface area contributed by atoms with Crippen molar-refractivity contribution in [2.75, 3.05) is 12.8 Å². The van der Waals surface area contributed by atoms with Crippen LogP contribution in [0.4, 0.5) is 5.69 Å². The van der Waals surface area contributed by atoms with Gasteiger partial charge in [-0.15, -0.1) is 0 Å². The van der Waals surface area contributed by atoms with Gasteiger partial charge in [-0.2, -0.15) is 5.10 Å². The summed E-state index contributed by atoms with van der Waals surface area (Å²) in [7, 11) is 1.59. The maximum absolute atomic E-state index is 5.88. The monoisotopic (exact) mass is 256 g/mol. The molecule has 2 heterocycles. The first-order valence-corrected chi connectivity index (χ1v) is 5.67. The summed E-state index contributed by atoms with van der Waals surface area (Å²) >= 11 is 0. The van der Waals surface area contributed by atoms with Crippen molar-refractivity contribution < 1.29 is 9.47 Å². The van der Waals surface area contributed by atoms with Crippen LogP contribution in [-0.2, 0) is 0 Å². The summed E-state index contributed by atoms with van der Waals surface area (Å²) in [6, 6.07) is 7.04. The van der Waals surface area contributed by atoms with Gasteiger partial charge in [0.05, 0.1) is 19.0 Å². The van der Waals surface area contributed by atoms with Crippen LogP contribution in [0.1, 0.15) is 0 Å². The molecule has 0 saturated heterocycles. The van der Waals surface area contributed by atoms with Crippen molar-refractivity contribution in [1.29, 1.82) is 0 Å². The second-order valence-corrected chi connectivity index (χ2v) is 3.90. The van der Waals surface area contributed by atoms with Gasteiger partial charge >= 0.3 is 0 Å². The summed E-state index contributed by atoms with van der Waals surface area (Å²) in [5.74, 6) is 1.62. The molecule has 2 N–H and O–H groups in total. The topological polar surface area (TPSA) is 74.7 Å². The van der Waals surface area contributed by atoms with Gasteiger partial charge in [0.15, 0.2) is 5.75 Å². The molecule has 2 aromatic heterocycles. The van der Waals surface area contributed by atoms with Crippen LogP contribution in [0.15, 0.2) is 42.9 Å². The number of nitrogen functional groups attached to an aromatic ring is 1. The van der Waals surface area contributed by atoms with E-state index in [1.165, 1.54) is 0 Å². The lowest BCUT2D eigenvalue weighted by Crippen LogP contribution is -1.97. The van der Waals surface area contributed by atoms with E-state index < -0.39 is 0 Å². The fourth-order valence-electron chi connectivity index (χ4n) is 1.75. The van der Waals surface area contributed by atoms with Gasteiger partial charge in [0.25, 0.3) is 0 Å². The van der Waals surface area contributed by atoms with E-state index in [1.54, 1.807) is 48.4 Å². The molecule has 6 heteroatoms. The second kappa shape index (κ2) is 4.49. The molecular weight excluding hydrogens is 244 g/mol. The highest BCUT2D eigenvalue weighted by atomic mass is 16.5. The molecule has 19 heavy (non-hydrogen) atoms. The molecule has 6 nitrogen and oxygen atoms in total. The number of nitrogens with zero attached hydrogens (tertiary/aromatic N) is 3. The number of rotatable bonds is 3. The zero-order chi connectivity index (χ0) is 13.2. The van der Waals surface area contributed by atoms with E-state index in [0.29, 0.717) is 23.1 Å². The molecule has 1 aromatic carbocycles. The third-order valence-electron chi connectivity index (χ3n) is 2.72. The molecule has 3 rings (SSSR count). The number of nitrogens with two attached hydrogens (primary N) is 1. The molecule has 0 aliphatic rings. The van der Waals surface area contributed by atoms with E-state index in [2.05, 4.69) is 10.1 Å². The second-order valence-electron chi connectivity index (χ2n) is 3.90. The van der Waals surface area contributed by atoms with E-state index in [0.717, 1.165) is 5.52 Å². The summed E-state index contributed by atoms with van der Waals surface area (Å²) in [6.45, 7) is 0. The SMILES string of the molecule is COc1ccc(N)c(Oc2nccn3nccc23)c1. The van der Waals surface area contributed by atoms with Crippen LogP contribution in [0.5, 0.6) is 17.4 Å². The number of benzene rings is 1. The largest absolute Gasteiger partial charge is 0.497 e. The average molecular weight is 256 g/mol. The first-order chi connectivity index (χ1) is 9.28. The molecule has 0 unspecified atom stereocenters. The molecule has 0 aliphatic heterocycles. The highest BCUT2D eigenvalue weighted by Crippen LogP contribution is 2.31. The Morgan fingerprint density at radius 1 is 1.21 bits per heavy atom. The molecule has 0 amide bonds. The summed E-state index contributed by atoms with van der Waals surface area (Å²) < 4.78 is 12.6. The molecular formula is C13H12N4O2. The zero-order valence-electron chi connectivity index (χ0n) is 10.3. The number of aromatic nitrogens is 3. The van der Waals surface area contributed by atoms with E-state index in [9.17, 15) is 0 Å². The fraction of sp³-hybridized carbons (Fsp3) is 0.0769. The molecule has 0 atom stereocenters. The van der Waals surface area contributed by atoms with Crippen molar-refractivity contribution in [2.24, 2.45) is 0 Å². The molecule has 96 valence electrons. The minimum absolute atomic E-state index is 0.444. The van der Waals surface area contributed by atoms with Gasteiger partial charge in [-0.05, 0) is 18.2 Å². The lowest BCUT2D eigenvalue weighted by Gasteiger charge is -2.09. The minimum Gasteiger partial charge on any atom is -0.497 e. The van der Waals surface area contributed by atoms with Crippen molar-refractivity contribution in [3.8, 4) is 17.4 Å². The van der Waals surface area contributed by atoms with E-state index >= 15 is 0 Å². The standard InChI is InChI=1S/C13H12N4O2/c1-18-9-2-3-10(14)12(8-9)19-13-11-4-5-16-17(11)7-6-15-13/h2-8H,14H2,1H3. The van der Waals surface area contributed by atoms with Gasteiger partial charge in [-0.25, -0.2) is 9.50 Å². The number of methoxy groups -OCH3 is 1. The zero-order valence-corrected chi connectivity index (χ0v) is 10.3. The Kier molecular flexibility index (Phi) is 2.68. The minimum atomic E-state index is 0.444. The number of ether oxygens (including phenoxy) is 2. The molecule has 0 radical (unpaired) electrons. The van der Waals surface area contributed by atoms with Gasteiger partial charge in [0.1, 0.15) is 11.3 Å². The molecule has 3 aromatic rings. The van der Waals surface area contributed by atoms with Crippen LogP contribution < -0.4 is 15.2 Å². The van der Waals surface area contributed by atoms with Crippen LogP contribution in [0.3, 0.4) is 0 Å². The molecule has 0 saturated carbocycles. The summed E-state index contributed by atoms with van der Waals surface area (Å²) in [5, 5.41) is 4.12. The third-order valence-corrected chi connectivity index (χ3v) is 2.72. The Morgan fingerprint density at radius 2 is 2.11 bits per heavy atom. The summed E-state index contributed by atoms with van der Waals surface area (Å²) in [5.41, 5.74) is 7.17. The van der Waals surface area contributed by atoms with Crippen molar-refractivity contribution in [2.45, 2.75) is 0 Å². The van der Waals surface area contributed by atoms with Crippen molar-refractivity contribution in [3.05, 3.63) is 42.9 Å². The first-order valence-electron chi connectivity index (χ1n) is 5.67. The van der Waals surface area contributed by atoms with Crippen LogP contribution in [-0.4, -0.2) is 21.7 Å². The summed E-state index contributed by atoms with van der Waals surface area (Å²) in [6.07, 6.45) is 5.04. The number of hydrogen-bond donors (Lipinski definition) is 1. The Bertz CT molecular complexity index is 723. The average Bonchev–Trinajstić information content (AvgIpc) is 2.90. The summed E-state index contributed by atoms with van der Waals surface area (Å²) in [4.78, 5) is 4.19. The first kappa shape index (κ1) is 11.3. The normalized spacial score (nSPS) is 10.6. The smallest absolute Gasteiger partial charge is 0.245 e. The van der Waals surface area contributed by atoms with Crippen molar-refractivity contribution in [1.82, 2.24) is 14.6 Å². The lowest BCUT2D eigenvalue weighted by atomic mass is 10.3. The van der Waals surface area contributed by atoms with Gasteiger partial charge < -0.3 is 15.2 Å². The maximum Gasteiger partial charge on any atom is 0.245 e. The van der Waals surface area contributed by atoms with Crippen molar-refractivity contribution >= 4 is 11.2 Å². The third kappa shape index (κ3) is 2.03. The molecule has 0 bridgehead atoms. The highest BCUT2D eigenvalue weighted by Gasteiger charge is 2.09. The van der Waals surface area contributed by atoms with Crippen LogP contribution >= 0.6 is 0 Å². The van der Waals surface area contributed by atoms with E-state index in [4.69, 9.17) is 15.2 Å². The van der Waals surface area contributed by atoms with E-state index in [1.807, 2.05) is 6.07 Å². The number of fused-ring (bicyclic) bond motifs is 1. The predicted octanol–water partition coefficient (Wildman–Crippen LogP) is 2.11. The van der Waals surface area contributed by atoms with Crippen LogP contribution in [0.25, 0.3) is 5.52 Å². The van der Waals surface area contributed by atoms with Gasteiger partial charge in [0, 0.05) is 18.5 Å². The van der Waals surface area contributed by atoms with Gasteiger partial charge in [-0.1, -0.05) is 0 Å². The quantitative estimate of drug-likeness (QED) is 0.726. The Hall–Kier alpha value is -2.76. The maximum atomic E-state index is 5.88. The fourth-order valence-corrected chi connectivity index (χ4v) is 1.75. The lowest BCUT2D eigenvalue weighted by molar-refractivity contribution is 0.408. The Labute approximate surface area is 109 Å². The van der Waals surface area contributed by atoms with Crippen molar-refractivity contribution in [3.63, 3.8) is 0 Å². The van der Waals surface area contributed by atoms with Crippen LogP contribution in [0.2, 0.25) is 0 Å². The molecule has 0 fully saturated rings. The predicted molar refractivity (Wildman–Crippen MR) is 70.5 cm³/mol. The Morgan fingerprint density at radius 3 is 2.95 bits per heavy atom. The number of anilines is 1.